The van der Waals surface area contributed by atoms with Crippen LogP contribution in [0.15, 0.2) is 18.2 Å². The molecule has 0 atom stereocenters. The Morgan fingerprint density at radius 2 is 1.94 bits per heavy atom. The number of nitrogens with one attached hydrogen (secondary N) is 1. The van der Waals surface area contributed by atoms with Crippen molar-refractivity contribution in [1.82, 2.24) is 0 Å². The third kappa shape index (κ3) is 5.49. The fourth-order valence-corrected chi connectivity index (χ4v) is 2.21. The lowest BCUT2D eigenvalue weighted by Gasteiger charge is -2.17. The molecule has 3 nitrogen and oxygen atoms in total. The van der Waals surface area contributed by atoms with Crippen molar-refractivity contribution in [3.63, 3.8) is 0 Å². The van der Waals surface area contributed by atoms with E-state index in [1.807, 2.05) is 13.8 Å². The second-order valence-corrected chi connectivity index (χ2v) is 4.84. The quantitative estimate of drug-likeness (QED) is 0.562. The van der Waals surface area contributed by atoms with E-state index in [4.69, 9.17) is 9.47 Å². The Labute approximate surface area is 121 Å². The van der Waals surface area contributed by atoms with Crippen molar-refractivity contribution in [1.29, 1.82) is 0 Å². The van der Waals surface area contributed by atoms with Gasteiger partial charge in [-0.3, -0.25) is 0 Å². The largest absolute Gasteiger partial charge is 0.384 e. The predicted octanol–water partition coefficient (Wildman–Crippen LogP) is 3.63. The Hall–Kier alpha value is -0.400. The van der Waals surface area contributed by atoms with Gasteiger partial charge in [-0.2, -0.15) is 0 Å². The van der Waals surface area contributed by atoms with Crippen LogP contribution in [-0.4, -0.2) is 26.0 Å². The molecule has 1 aromatic carbocycles. The molecular weight excluding hydrogens is 348 g/mol. The molecule has 18 heavy (non-hydrogen) atoms. The first kappa shape index (κ1) is 15.7. The van der Waals surface area contributed by atoms with Crippen LogP contribution >= 0.6 is 22.6 Å². The van der Waals surface area contributed by atoms with Crippen molar-refractivity contribution in [3.8, 4) is 0 Å². The predicted molar refractivity (Wildman–Crippen MR) is 79.3 cm³/mol. The molecule has 0 saturated carbocycles. The molecule has 0 saturated heterocycles. The second kappa shape index (κ2) is 8.66. The van der Waals surface area contributed by atoms with Gasteiger partial charge in [0.1, 0.15) is 5.82 Å². The standard InChI is InChI=1S/C13H19FINO2/c1-3-17-13(18-4-2)7-8-16-12-6-5-10(14)9-11(12)15/h5-6,9,13,16H,3-4,7-8H2,1-2H3. The number of benzene rings is 1. The highest BCUT2D eigenvalue weighted by Crippen LogP contribution is 2.19. The summed E-state index contributed by atoms with van der Waals surface area (Å²) in [7, 11) is 0. The monoisotopic (exact) mass is 367 g/mol. The van der Waals surface area contributed by atoms with Gasteiger partial charge in [0.2, 0.25) is 0 Å². The first-order valence-corrected chi connectivity index (χ1v) is 7.17. The minimum atomic E-state index is -0.216. The van der Waals surface area contributed by atoms with E-state index in [2.05, 4.69) is 27.9 Å². The van der Waals surface area contributed by atoms with Crippen LogP contribution in [-0.2, 0) is 9.47 Å². The molecule has 102 valence electrons. The van der Waals surface area contributed by atoms with Crippen LogP contribution in [0.25, 0.3) is 0 Å². The first-order chi connectivity index (χ1) is 8.67. The van der Waals surface area contributed by atoms with Gasteiger partial charge in [0.05, 0.1) is 0 Å². The second-order valence-electron chi connectivity index (χ2n) is 3.68. The van der Waals surface area contributed by atoms with Gasteiger partial charge < -0.3 is 14.8 Å². The van der Waals surface area contributed by atoms with Gasteiger partial charge in [0.15, 0.2) is 6.29 Å². The zero-order valence-electron chi connectivity index (χ0n) is 10.7. The Kier molecular flexibility index (Phi) is 7.53. The minimum Gasteiger partial charge on any atom is -0.384 e. The third-order valence-corrected chi connectivity index (χ3v) is 3.22. The first-order valence-electron chi connectivity index (χ1n) is 6.09. The summed E-state index contributed by atoms with van der Waals surface area (Å²) < 4.78 is 24.7. The lowest BCUT2D eigenvalue weighted by atomic mass is 10.3. The molecule has 0 aliphatic heterocycles. The molecule has 0 aliphatic rings. The van der Waals surface area contributed by atoms with E-state index in [0.717, 1.165) is 22.2 Å². The fourth-order valence-electron chi connectivity index (χ4n) is 1.54. The van der Waals surface area contributed by atoms with Crippen LogP contribution < -0.4 is 5.32 Å². The normalized spacial score (nSPS) is 10.9. The molecule has 0 unspecified atom stereocenters. The average Bonchev–Trinajstić information content (AvgIpc) is 2.32. The highest BCUT2D eigenvalue weighted by molar-refractivity contribution is 14.1. The summed E-state index contributed by atoms with van der Waals surface area (Å²) in [4.78, 5) is 0. The maximum Gasteiger partial charge on any atom is 0.159 e. The molecule has 0 heterocycles. The van der Waals surface area contributed by atoms with Crippen molar-refractivity contribution in [3.05, 3.63) is 27.6 Å². The number of hydrogen-bond donors (Lipinski definition) is 1. The molecule has 0 radical (unpaired) electrons. The van der Waals surface area contributed by atoms with E-state index in [9.17, 15) is 4.39 Å². The van der Waals surface area contributed by atoms with Crippen molar-refractivity contribution in [2.45, 2.75) is 26.6 Å². The molecule has 0 spiro atoms. The molecule has 0 aliphatic carbocycles. The van der Waals surface area contributed by atoms with E-state index < -0.39 is 0 Å². The molecule has 1 N–H and O–H groups in total. The summed E-state index contributed by atoms with van der Waals surface area (Å²) in [5.41, 5.74) is 0.934. The topological polar surface area (TPSA) is 30.5 Å². The molecule has 0 fully saturated rings. The molecule has 0 bridgehead atoms. The van der Waals surface area contributed by atoms with Gasteiger partial charge in [-0.05, 0) is 54.6 Å². The van der Waals surface area contributed by atoms with Crippen molar-refractivity contribution in [2.75, 3.05) is 25.1 Å². The van der Waals surface area contributed by atoms with Crippen LogP contribution in [0.3, 0.4) is 0 Å². The molecular formula is C13H19FINO2. The van der Waals surface area contributed by atoms with E-state index in [1.54, 1.807) is 6.07 Å². The molecule has 0 amide bonds. The lowest BCUT2D eigenvalue weighted by Crippen LogP contribution is -2.21. The van der Waals surface area contributed by atoms with E-state index in [-0.39, 0.29) is 12.1 Å². The number of halogens is 2. The van der Waals surface area contributed by atoms with Gasteiger partial charge in [-0.1, -0.05) is 0 Å². The van der Waals surface area contributed by atoms with Crippen LogP contribution in [0.1, 0.15) is 20.3 Å². The van der Waals surface area contributed by atoms with E-state index in [0.29, 0.717) is 13.2 Å². The molecule has 0 aromatic heterocycles. The van der Waals surface area contributed by atoms with Gasteiger partial charge in [-0.25, -0.2) is 4.39 Å². The highest BCUT2D eigenvalue weighted by atomic mass is 127. The highest BCUT2D eigenvalue weighted by Gasteiger charge is 2.08. The third-order valence-electron chi connectivity index (χ3n) is 2.33. The van der Waals surface area contributed by atoms with Crippen molar-refractivity contribution >= 4 is 28.3 Å². The van der Waals surface area contributed by atoms with Crippen molar-refractivity contribution in [2.24, 2.45) is 0 Å². The smallest absolute Gasteiger partial charge is 0.159 e. The summed E-state index contributed by atoms with van der Waals surface area (Å²) in [5.74, 6) is -0.216. The zero-order valence-corrected chi connectivity index (χ0v) is 12.9. The SMILES string of the molecule is CCOC(CCNc1ccc(F)cc1I)OCC. The Morgan fingerprint density at radius 3 is 2.50 bits per heavy atom. The number of rotatable bonds is 8. The van der Waals surface area contributed by atoms with Crippen LogP contribution in [0.4, 0.5) is 10.1 Å². The number of hydrogen-bond acceptors (Lipinski definition) is 3. The van der Waals surface area contributed by atoms with Gasteiger partial charge in [-0.15, -0.1) is 0 Å². The Morgan fingerprint density at radius 1 is 1.28 bits per heavy atom. The lowest BCUT2D eigenvalue weighted by molar-refractivity contribution is -0.137. The fraction of sp³-hybridized carbons (Fsp3) is 0.538. The number of ether oxygens (including phenoxy) is 2. The van der Waals surface area contributed by atoms with Crippen LogP contribution in [0.5, 0.6) is 0 Å². The average molecular weight is 367 g/mol. The van der Waals surface area contributed by atoms with Gasteiger partial charge in [0, 0.05) is 35.4 Å². The Bertz CT molecular complexity index is 357. The Balaban J connectivity index is 2.39. The molecule has 1 rings (SSSR count). The van der Waals surface area contributed by atoms with Gasteiger partial charge >= 0.3 is 0 Å². The number of anilines is 1. The van der Waals surface area contributed by atoms with E-state index >= 15 is 0 Å². The van der Waals surface area contributed by atoms with E-state index in [1.165, 1.54) is 12.1 Å². The van der Waals surface area contributed by atoms with Crippen LogP contribution in [0, 0.1) is 9.39 Å². The summed E-state index contributed by atoms with van der Waals surface area (Å²) in [6.45, 7) is 5.90. The summed E-state index contributed by atoms with van der Waals surface area (Å²) in [6, 6.07) is 4.70. The summed E-state index contributed by atoms with van der Waals surface area (Å²) >= 11 is 2.11. The molecule has 1 aromatic rings. The summed E-state index contributed by atoms with van der Waals surface area (Å²) in [5, 5.41) is 3.25. The zero-order chi connectivity index (χ0) is 13.4. The maximum atomic E-state index is 12.9. The van der Waals surface area contributed by atoms with Crippen molar-refractivity contribution < 1.29 is 13.9 Å². The maximum absolute atomic E-state index is 12.9. The minimum absolute atomic E-state index is 0.175. The summed E-state index contributed by atoms with van der Waals surface area (Å²) in [6.07, 6.45) is 0.584. The van der Waals surface area contributed by atoms with Gasteiger partial charge in [0.25, 0.3) is 0 Å². The van der Waals surface area contributed by atoms with Crippen LogP contribution in [0.2, 0.25) is 0 Å². The molecule has 5 heteroatoms.